The molecular formula is C20H25BrN4O5S. The third kappa shape index (κ3) is 5.05. The van der Waals surface area contributed by atoms with E-state index in [0.29, 0.717) is 4.47 Å². The van der Waals surface area contributed by atoms with E-state index in [1.165, 1.54) is 33.9 Å². The molecule has 0 radical (unpaired) electrons. The minimum Gasteiger partial charge on any atom is -0.487 e. The number of aromatic nitrogens is 2. The predicted molar refractivity (Wildman–Crippen MR) is 117 cm³/mol. The van der Waals surface area contributed by atoms with Crippen molar-refractivity contribution in [2.75, 3.05) is 26.7 Å². The maximum atomic E-state index is 13.3. The van der Waals surface area contributed by atoms with Crippen molar-refractivity contribution in [2.24, 2.45) is 5.92 Å². The van der Waals surface area contributed by atoms with Crippen LogP contribution in [0.15, 0.2) is 46.2 Å². The van der Waals surface area contributed by atoms with Gasteiger partial charge in [-0.3, -0.25) is 9.78 Å². The molecule has 0 aliphatic carbocycles. The number of hydrogen-bond acceptors (Lipinski definition) is 7. The van der Waals surface area contributed by atoms with Gasteiger partial charge in [0.15, 0.2) is 0 Å². The minimum atomic E-state index is -3.89. The first-order valence-electron chi connectivity index (χ1n) is 9.75. The molecule has 11 heteroatoms. The molecule has 2 aromatic rings. The number of rotatable bonds is 5. The van der Waals surface area contributed by atoms with Gasteiger partial charge in [0.1, 0.15) is 22.4 Å². The van der Waals surface area contributed by atoms with Crippen LogP contribution in [-0.4, -0.2) is 77.5 Å². The number of fused-ring (bicyclic) bond motifs is 1. The molecule has 2 heterocycles. The van der Waals surface area contributed by atoms with E-state index >= 15 is 0 Å². The average molecular weight is 513 g/mol. The van der Waals surface area contributed by atoms with Crippen molar-refractivity contribution in [2.45, 2.75) is 30.9 Å². The van der Waals surface area contributed by atoms with Crippen LogP contribution in [0.25, 0.3) is 0 Å². The van der Waals surface area contributed by atoms with Gasteiger partial charge in [-0.15, -0.1) is 0 Å². The molecule has 9 nitrogen and oxygen atoms in total. The van der Waals surface area contributed by atoms with Crippen LogP contribution in [0.2, 0.25) is 0 Å². The third-order valence-corrected chi connectivity index (χ3v) is 7.72. The largest absolute Gasteiger partial charge is 0.487 e. The number of nitrogens with zero attached hydrogens (tertiary/aromatic N) is 4. The van der Waals surface area contributed by atoms with E-state index in [-0.39, 0.29) is 47.9 Å². The number of likely N-dealkylation sites (N-methyl/N-ethyl adjacent to an activating group) is 1. The van der Waals surface area contributed by atoms with Crippen LogP contribution in [0.3, 0.4) is 0 Å². The Labute approximate surface area is 190 Å². The van der Waals surface area contributed by atoms with Crippen molar-refractivity contribution >= 4 is 31.9 Å². The standard InChI is InChI=1S/C20H25BrN4O5S/c1-13-10-25(14(2)12-26)31(28,29)19-5-4-15(21)8-17(19)30-18(13)11-24(3)20(27)16-9-22-6-7-23-16/h4-9,13-14,18,26H,10-12H2,1-3H3/t13-,14+,18+/m0/s1. The van der Waals surface area contributed by atoms with E-state index in [2.05, 4.69) is 25.9 Å². The number of aliphatic hydroxyl groups excluding tert-OH is 1. The molecular weight excluding hydrogens is 488 g/mol. The van der Waals surface area contributed by atoms with Crippen molar-refractivity contribution in [3.63, 3.8) is 0 Å². The Balaban J connectivity index is 1.96. The Morgan fingerprint density at radius 2 is 2.16 bits per heavy atom. The van der Waals surface area contributed by atoms with Gasteiger partial charge in [-0.1, -0.05) is 22.9 Å². The van der Waals surface area contributed by atoms with Gasteiger partial charge >= 0.3 is 0 Å². The fraction of sp³-hybridized carbons (Fsp3) is 0.450. The highest BCUT2D eigenvalue weighted by atomic mass is 79.9. The van der Waals surface area contributed by atoms with E-state index in [9.17, 15) is 18.3 Å². The summed E-state index contributed by atoms with van der Waals surface area (Å²) in [5, 5.41) is 9.66. The quantitative estimate of drug-likeness (QED) is 0.649. The summed E-state index contributed by atoms with van der Waals surface area (Å²) < 4.78 is 34.7. The summed E-state index contributed by atoms with van der Waals surface area (Å²) in [6.07, 6.45) is 3.83. The lowest BCUT2D eigenvalue weighted by Crippen LogP contribution is -2.50. The van der Waals surface area contributed by atoms with E-state index in [1.54, 1.807) is 26.1 Å². The van der Waals surface area contributed by atoms with Crippen molar-refractivity contribution in [1.29, 1.82) is 0 Å². The van der Waals surface area contributed by atoms with Gasteiger partial charge in [0.25, 0.3) is 5.91 Å². The van der Waals surface area contributed by atoms with Crippen LogP contribution in [-0.2, 0) is 10.0 Å². The monoisotopic (exact) mass is 512 g/mol. The molecule has 1 aromatic heterocycles. The second kappa shape index (κ2) is 9.60. The van der Waals surface area contributed by atoms with Gasteiger partial charge in [-0.2, -0.15) is 4.31 Å². The second-order valence-corrected chi connectivity index (χ2v) is 10.4. The maximum absolute atomic E-state index is 13.3. The van der Waals surface area contributed by atoms with Gasteiger partial charge in [0.2, 0.25) is 10.0 Å². The molecule has 1 aromatic carbocycles. The molecule has 0 saturated heterocycles. The number of carbonyl (C=O) groups is 1. The SMILES string of the molecule is C[C@H](CO)N1C[C@H](C)[C@@H](CN(C)C(=O)c2cnccn2)Oc2cc(Br)ccc2S1(=O)=O. The smallest absolute Gasteiger partial charge is 0.273 e. The summed E-state index contributed by atoms with van der Waals surface area (Å²) >= 11 is 3.36. The van der Waals surface area contributed by atoms with Gasteiger partial charge in [-0.25, -0.2) is 13.4 Å². The highest BCUT2D eigenvalue weighted by molar-refractivity contribution is 9.10. The molecule has 0 fully saturated rings. The first-order valence-corrected chi connectivity index (χ1v) is 12.0. The average Bonchev–Trinajstić information content (AvgIpc) is 2.75. The molecule has 0 saturated carbocycles. The van der Waals surface area contributed by atoms with Crippen LogP contribution in [0.5, 0.6) is 5.75 Å². The highest BCUT2D eigenvalue weighted by Gasteiger charge is 2.38. The topological polar surface area (TPSA) is 113 Å². The van der Waals surface area contributed by atoms with E-state index in [1.807, 2.05) is 6.92 Å². The number of ether oxygens (including phenoxy) is 1. The Hall–Kier alpha value is -2.08. The molecule has 168 valence electrons. The summed E-state index contributed by atoms with van der Waals surface area (Å²) in [7, 11) is -2.25. The third-order valence-electron chi connectivity index (χ3n) is 5.21. The summed E-state index contributed by atoms with van der Waals surface area (Å²) in [4.78, 5) is 22.2. The van der Waals surface area contributed by atoms with Crippen LogP contribution < -0.4 is 4.74 Å². The minimum absolute atomic E-state index is 0.0239. The Morgan fingerprint density at radius 3 is 2.81 bits per heavy atom. The number of aliphatic hydroxyl groups is 1. The number of amides is 1. The van der Waals surface area contributed by atoms with E-state index < -0.39 is 22.2 Å². The van der Waals surface area contributed by atoms with Gasteiger partial charge in [0.05, 0.1) is 19.3 Å². The molecule has 0 bridgehead atoms. The zero-order chi connectivity index (χ0) is 22.8. The zero-order valence-electron chi connectivity index (χ0n) is 17.5. The second-order valence-electron chi connectivity index (χ2n) is 7.61. The van der Waals surface area contributed by atoms with Crippen molar-refractivity contribution < 1.29 is 23.1 Å². The number of carbonyl (C=O) groups excluding carboxylic acids is 1. The van der Waals surface area contributed by atoms with Crippen LogP contribution >= 0.6 is 15.9 Å². The van der Waals surface area contributed by atoms with Crippen molar-refractivity contribution in [1.82, 2.24) is 19.2 Å². The Bertz CT molecular complexity index is 1040. The molecule has 1 aliphatic rings. The Morgan fingerprint density at radius 1 is 1.42 bits per heavy atom. The molecule has 1 amide bonds. The maximum Gasteiger partial charge on any atom is 0.273 e. The number of hydrogen-bond donors (Lipinski definition) is 1. The lowest BCUT2D eigenvalue weighted by Gasteiger charge is -2.37. The molecule has 3 atom stereocenters. The zero-order valence-corrected chi connectivity index (χ0v) is 19.9. The predicted octanol–water partition coefficient (Wildman–Crippen LogP) is 1.78. The lowest BCUT2D eigenvalue weighted by atomic mass is 10.0. The number of sulfonamides is 1. The molecule has 1 aliphatic heterocycles. The van der Waals surface area contributed by atoms with Crippen molar-refractivity contribution in [3.8, 4) is 5.75 Å². The summed E-state index contributed by atoms with van der Waals surface area (Å²) in [6, 6.07) is 4.10. The summed E-state index contributed by atoms with van der Waals surface area (Å²) in [6.45, 7) is 3.56. The van der Waals surface area contributed by atoms with Gasteiger partial charge in [-0.05, 0) is 25.1 Å². The molecule has 0 unspecified atom stereocenters. The lowest BCUT2D eigenvalue weighted by molar-refractivity contribution is 0.0559. The molecule has 0 spiro atoms. The van der Waals surface area contributed by atoms with Crippen LogP contribution in [0.1, 0.15) is 24.3 Å². The number of halogens is 1. The molecule has 31 heavy (non-hydrogen) atoms. The van der Waals surface area contributed by atoms with Crippen LogP contribution in [0, 0.1) is 5.92 Å². The van der Waals surface area contributed by atoms with Gasteiger partial charge in [0, 0.05) is 42.4 Å². The molecule has 1 N–H and O–H groups in total. The first kappa shape index (κ1) is 23.6. The van der Waals surface area contributed by atoms with Gasteiger partial charge < -0.3 is 14.7 Å². The fourth-order valence-electron chi connectivity index (χ4n) is 3.38. The number of benzene rings is 1. The molecule has 3 rings (SSSR count). The van der Waals surface area contributed by atoms with Crippen LogP contribution in [0.4, 0.5) is 0 Å². The summed E-state index contributed by atoms with van der Waals surface area (Å²) in [5.74, 6) is -0.386. The first-order chi connectivity index (χ1) is 14.6. The highest BCUT2D eigenvalue weighted by Crippen LogP contribution is 2.35. The van der Waals surface area contributed by atoms with E-state index in [4.69, 9.17) is 4.74 Å². The van der Waals surface area contributed by atoms with E-state index in [0.717, 1.165) is 0 Å². The normalized spacial score (nSPS) is 21.8. The summed E-state index contributed by atoms with van der Waals surface area (Å²) in [5.41, 5.74) is 0.213. The Kier molecular flexibility index (Phi) is 7.30. The van der Waals surface area contributed by atoms with Crippen molar-refractivity contribution in [3.05, 3.63) is 47.0 Å². The fourth-order valence-corrected chi connectivity index (χ4v) is 5.54.